The summed E-state index contributed by atoms with van der Waals surface area (Å²) in [7, 11) is 0. The molecule has 1 atom stereocenters. The minimum atomic E-state index is -0.237. The summed E-state index contributed by atoms with van der Waals surface area (Å²) in [4.78, 5) is 14.2. The van der Waals surface area contributed by atoms with Crippen LogP contribution in [0.5, 0.6) is 0 Å². The second-order valence-electron chi connectivity index (χ2n) is 5.80. The number of amides is 2. The number of nitrogens with zero attached hydrogens (tertiary/aromatic N) is 1. The van der Waals surface area contributed by atoms with Crippen molar-refractivity contribution in [1.82, 2.24) is 4.90 Å². The predicted octanol–water partition coefficient (Wildman–Crippen LogP) is 4.91. The highest BCUT2D eigenvalue weighted by Gasteiger charge is 2.26. The first-order valence-electron chi connectivity index (χ1n) is 7.71. The lowest BCUT2D eigenvalue weighted by Crippen LogP contribution is -2.44. The van der Waals surface area contributed by atoms with Crippen LogP contribution in [0, 0.1) is 6.92 Å². The van der Waals surface area contributed by atoms with Crippen molar-refractivity contribution in [3.05, 3.63) is 63.6 Å². The van der Waals surface area contributed by atoms with Gasteiger partial charge in [0.1, 0.15) is 6.10 Å². The van der Waals surface area contributed by atoms with Gasteiger partial charge in [0.2, 0.25) is 0 Å². The van der Waals surface area contributed by atoms with Crippen LogP contribution in [-0.2, 0) is 4.74 Å². The Bertz CT molecular complexity index is 714. The highest BCUT2D eigenvalue weighted by Crippen LogP contribution is 2.28. The Labute approximate surface area is 151 Å². The second-order valence-corrected chi connectivity index (χ2v) is 6.68. The molecule has 2 aromatic carbocycles. The lowest BCUT2D eigenvalue weighted by Gasteiger charge is -2.33. The standard InChI is InChI=1S/C18H18Cl2N2O2/c1-12-2-4-16(5-3-12)21-18(23)22-6-7-24-17(11-22)13-8-14(19)10-15(20)9-13/h2-5,8-10,17H,6-7,11H2,1H3,(H,21,23). The van der Waals surface area contributed by atoms with E-state index >= 15 is 0 Å². The largest absolute Gasteiger partial charge is 0.370 e. The summed E-state index contributed by atoms with van der Waals surface area (Å²) in [6, 6.07) is 12.9. The number of hydrogen-bond acceptors (Lipinski definition) is 2. The number of rotatable bonds is 2. The monoisotopic (exact) mass is 364 g/mol. The highest BCUT2D eigenvalue weighted by molar-refractivity contribution is 6.34. The number of benzene rings is 2. The molecule has 1 heterocycles. The fourth-order valence-corrected chi connectivity index (χ4v) is 3.18. The molecule has 1 saturated heterocycles. The lowest BCUT2D eigenvalue weighted by atomic mass is 10.1. The number of aryl methyl sites for hydroxylation is 1. The Morgan fingerprint density at radius 2 is 1.83 bits per heavy atom. The van der Waals surface area contributed by atoms with E-state index in [1.54, 1.807) is 11.0 Å². The maximum absolute atomic E-state index is 12.5. The molecule has 2 aromatic rings. The maximum Gasteiger partial charge on any atom is 0.322 e. The molecule has 126 valence electrons. The third kappa shape index (κ3) is 4.20. The van der Waals surface area contributed by atoms with Crippen molar-refractivity contribution < 1.29 is 9.53 Å². The lowest BCUT2D eigenvalue weighted by molar-refractivity contribution is -0.0134. The molecule has 0 aliphatic carbocycles. The van der Waals surface area contributed by atoms with Gasteiger partial charge >= 0.3 is 6.03 Å². The molecule has 2 amide bonds. The molecule has 6 heteroatoms. The normalized spacial score (nSPS) is 17.6. The fourth-order valence-electron chi connectivity index (χ4n) is 2.64. The van der Waals surface area contributed by atoms with Crippen molar-refractivity contribution in [3.8, 4) is 0 Å². The van der Waals surface area contributed by atoms with E-state index in [2.05, 4.69) is 5.32 Å². The van der Waals surface area contributed by atoms with Crippen molar-refractivity contribution in [2.24, 2.45) is 0 Å². The second kappa shape index (κ2) is 7.43. The third-order valence-electron chi connectivity index (χ3n) is 3.91. The van der Waals surface area contributed by atoms with Crippen molar-refractivity contribution >= 4 is 34.9 Å². The minimum absolute atomic E-state index is 0.139. The Morgan fingerprint density at radius 3 is 2.50 bits per heavy atom. The first-order valence-corrected chi connectivity index (χ1v) is 8.47. The molecule has 1 aliphatic rings. The minimum Gasteiger partial charge on any atom is -0.370 e. The zero-order chi connectivity index (χ0) is 17.1. The number of halogens is 2. The van der Waals surface area contributed by atoms with Crippen LogP contribution in [0.15, 0.2) is 42.5 Å². The molecular weight excluding hydrogens is 347 g/mol. The van der Waals surface area contributed by atoms with Gasteiger partial charge in [-0.2, -0.15) is 0 Å². The SMILES string of the molecule is Cc1ccc(NC(=O)N2CCOC(c3cc(Cl)cc(Cl)c3)C2)cc1. The van der Waals surface area contributed by atoms with Crippen molar-refractivity contribution in [1.29, 1.82) is 0 Å². The smallest absolute Gasteiger partial charge is 0.322 e. The molecule has 24 heavy (non-hydrogen) atoms. The predicted molar refractivity (Wildman–Crippen MR) is 96.9 cm³/mol. The Morgan fingerprint density at radius 1 is 1.17 bits per heavy atom. The molecule has 1 N–H and O–H groups in total. The summed E-state index contributed by atoms with van der Waals surface area (Å²) < 4.78 is 5.78. The number of hydrogen-bond donors (Lipinski definition) is 1. The molecule has 1 aliphatic heterocycles. The van der Waals surface area contributed by atoms with Gasteiger partial charge in [0.15, 0.2) is 0 Å². The maximum atomic E-state index is 12.5. The fraction of sp³-hybridized carbons (Fsp3) is 0.278. The number of nitrogens with one attached hydrogen (secondary N) is 1. The molecular formula is C18H18Cl2N2O2. The van der Waals surface area contributed by atoms with Gasteiger partial charge in [-0.15, -0.1) is 0 Å². The van der Waals surface area contributed by atoms with E-state index in [1.807, 2.05) is 43.3 Å². The number of carbonyl (C=O) groups excluding carboxylic acids is 1. The Kier molecular flexibility index (Phi) is 5.29. The van der Waals surface area contributed by atoms with Gasteiger partial charge in [-0.25, -0.2) is 4.79 Å². The summed E-state index contributed by atoms with van der Waals surface area (Å²) in [5, 5.41) is 4.03. The van der Waals surface area contributed by atoms with Gasteiger partial charge in [-0.05, 0) is 42.8 Å². The summed E-state index contributed by atoms with van der Waals surface area (Å²) >= 11 is 12.1. The molecule has 3 rings (SSSR count). The van der Waals surface area contributed by atoms with E-state index in [4.69, 9.17) is 27.9 Å². The summed E-state index contributed by atoms with van der Waals surface area (Å²) in [5.74, 6) is 0. The van der Waals surface area contributed by atoms with Crippen LogP contribution in [0.2, 0.25) is 10.0 Å². The van der Waals surface area contributed by atoms with Crippen LogP contribution in [0.25, 0.3) is 0 Å². The molecule has 1 unspecified atom stereocenters. The molecule has 0 saturated carbocycles. The number of morpholine rings is 1. The van der Waals surface area contributed by atoms with E-state index in [9.17, 15) is 4.79 Å². The van der Waals surface area contributed by atoms with Crippen LogP contribution in [0.1, 0.15) is 17.2 Å². The Hall–Kier alpha value is -1.75. The topological polar surface area (TPSA) is 41.6 Å². The number of carbonyl (C=O) groups is 1. The van der Waals surface area contributed by atoms with Crippen LogP contribution >= 0.6 is 23.2 Å². The van der Waals surface area contributed by atoms with E-state index < -0.39 is 0 Å². The first-order chi connectivity index (χ1) is 11.5. The van der Waals surface area contributed by atoms with Crippen molar-refractivity contribution in [3.63, 3.8) is 0 Å². The summed E-state index contributed by atoms with van der Waals surface area (Å²) in [5.41, 5.74) is 2.80. The van der Waals surface area contributed by atoms with Crippen molar-refractivity contribution in [2.45, 2.75) is 13.0 Å². The number of urea groups is 1. The average molecular weight is 365 g/mol. The van der Waals surface area contributed by atoms with E-state index in [0.29, 0.717) is 29.7 Å². The summed E-state index contributed by atoms with van der Waals surface area (Å²) in [6.07, 6.45) is -0.237. The van der Waals surface area contributed by atoms with Crippen molar-refractivity contribution in [2.75, 3.05) is 25.0 Å². The van der Waals surface area contributed by atoms with Crippen LogP contribution in [-0.4, -0.2) is 30.6 Å². The number of ether oxygens (including phenoxy) is 1. The first kappa shape index (κ1) is 17.1. The van der Waals surface area contributed by atoms with E-state index in [-0.39, 0.29) is 12.1 Å². The molecule has 0 spiro atoms. The zero-order valence-corrected chi connectivity index (χ0v) is 14.8. The van der Waals surface area contributed by atoms with Gasteiger partial charge in [0, 0.05) is 22.3 Å². The van der Waals surface area contributed by atoms with Gasteiger partial charge in [0.25, 0.3) is 0 Å². The highest BCUT2D eigenvalue weighted by atomic mass is 35.5. The molecule has 4 nitrogen and oxygen atoms in total. The van der Waals surface area contributed by atoms with Crippen LogP contribution in [0.4, 0.5) is 10.5 Å². The third-order valence-corrected chi connectivity index (χ3v) is 4.35. The molecule has 0 aromatic heterocycles. The van der Waals surface area contributed by atoms with E-state index in [1.165, 1.54) is 0 Å². The van der Waals surface area contributed by atoms with Gasteiger partial charge < -0.3 is 15.0 Å². The quantitative estimate of drug-likeness (QED) is 0.822. The summed E-state index contributed by atoms with van der Waals surface area (Å²) in [6.45, 7) is 3.47. The molecule has 1 fully saturated rings. The molecule has 0 radical (unpaired) electrons. The van der Waals surface area contributed by atoms with Gasteiger partial charge in [-0.1, -0.05) is 40.9 Å². The average Bonchev–Trinajstić information content (AvgIpc) is 2.56. The van der Waals surface area contributed by atoms with Gasteiger partial charge in [0.05, 0.1) is 13.2 Å². The van der Waals surface area contributed by atoms with Crippen LogP contribution in [0.3, 0.4) is 0 Å². The van der Waals surface area contributed by atoms with E-state index in [0.717, 1.165) is 16.8 Å². The van der Waals surface area contributed by atoms with Gasteiger partial charge in [-0.3, -0.25) is 0 Å². The molecule has 0 bridgehead atoms. The van der Waals surface area contributed by atoms with Crippen LogP contribution < -0.4 is 5.32 Å². The Balaban J connectivity index is 1.68. The zero-order valence-electron chi connectivity index (χ0n) is 13.3. The number of anilines is 1.